The van der Waals surface area contributed by atoms with E-state index in [2.05, 4.69) is 20.8 Å². The maximum atomic E-state index is 13.1. The van der Waals surface area contributed by atoms with Crippen molar-refractivity contribution in [3.8, 4) is 0 Å². The topological polar surface area (TPSA) is 162 Å². The first kappa shape index (κ1) is 32.2. The molecule has 3 aromatic rings. The number of carboxylic acids is 1. The molecule has 234 valence electrons. The minimum absolute atomic E-state index is 0.0570. The number of para-hydroxylation sites is 1. The Morgan fingerprint density at radius 2 is 1.82 bits per heavy atom. The molecule has 2 aromatic carbocycles. The van der Waals surface area contributed by atoms with Gasteiger partial charge in [-0.2, -0.15) is 0 Å². The number of hydrogen-bond donors (Lipinski definition) is 3. The fourth-order valence-corrected chi connectivity index (χ4v) is 8.15. The minimum atomic E-state index is -1.20. The number of rotatable bonds is 11. The number of urea groups is 1. The number of aryl methyl sites for hydroxylation is 2. The Hall–Kier alpha value is -4.21. The molecule has 2 aliphatic heterocycles. The van der Waals surface area contributed by atoms with Crippen LogP contribution in [0.3, 0.4) is 0 Å². The third-order valence-corrected chi connectivity index (χ3v) is 10.6. The second-order valence-corrected chi connectivity index (χ2v) is 13.8. The lowest BCUT2D eigenvalue weighted by Gasteiger charge is -2.49. The third kappa shape index (κ3) is 7.54. The van der Waals surface area contributed by atoms with Crippen molar-refractivity contribution in [1.82, 2.24) is 25.3 Å². The van der Waals surface area contributed by atoms with Crippen molar-refractivity contribution >= 4 is 70.3 Å². The Kier molecular flexibility index (Phi) is 10.2. The van der Waals surface area contributed by atoms with Crippen LogP contribution in [-0.4, -0.2) is 84.8 Å². The van der Waals surface area contributed by atoms with Crippen LogP contribution in [0.5, 0.6) is 0 Å². The molecule has 3 N–H and O–H groups in total. The summed E-state index contributed by atoms with van der Waals surface area (Å²) in [5, 5.41) is 23.7. The Morgan fingerprint density at radius 1 is 1.09 bits per heavy atom. The highest BCUT2D eigenvalue weighted by molar-refractivity contribution is 8.01. The number of carboxylic acid groups (broad SMARTS) is 1. The number of β-lactam (4-membered cyclic amide) rings is 1. The Labute approximate surface area is 271 Å². The molecule has 0 aliphatic carbocycles. The number of fused-ring (bicyclic) bond motifs is 1. The molecule has 1 aromatic heterocycles. The number of nitrogens with one attached hydrogen (secondary N) is 2. The van der Waals surface area contributed by atoms with Crippen molar-refractivity contribution in [1.29, 1.82) is 0 Å². The van der Waals surface area contributed by atoms with Gasteiger partial charge in [0.1, 0.15) is 22.1 Å². The number of imide groups is 1. The average molecular weight is 667 g/mol. The maximum Gasteiger partial charge on any atom is 0.352 e. The molecule has 0 bridgehead atoms. The van der Waals surface area contributed by atoms with Gasteiger partial charge in [0.2, 0.25) is 11.8 Å². The predicted molar refractivity (Wildman–Crippen MR) is 172 cm³/mol. The van der Waals surface area contributed by atoms with Gasteiger partial charge in [-0.1, -0.05) is 71.6 Å². The van der Waals surface area contributed by atoms with Crippen LogP contribution in [0.1, 0.15) is 22.6 Å². The normalized spacial score (nSPS) is 17.3. The maximum absolute atomic E-state index is 13.1. The molecule has 2 atom stereocenters. The van der Waals surface area contributed by atoms with Crippen molar-refractivity contribution in [2.75, 3.05) is 23.9 Å². The smallest absolute Gasteiger partial charge is 0.352 e. The van der Waals surface area contributed by atoms with Crippen molar-refractivity contribution < 1.29 is 29.1 Å². The summed E-state index contributed by atoms with van der Waals surface area (Å²) in [6.07, 6.45) is 0.512. The molecule has 12 nitrogen and oxygen atoms in total. The Bertz CT molecular complexity index is 1660. The number of carbonyl (C=O) groups is 5. The lowest BCUT2D eigenvalue weighted by atomic mass is 10.0. The monoisotopic (exact) mass is 666 g/mol. The molecule has 15 heteroatoms. The summed E-state index contributed by atoms with van der Waals surface area (Å²) in [5.74, 6) is -1.76. The van der Waals surface area contributed by atoms with Gasteiger partial charge in [-0.05, 0) is 36.1 Å². The molecule has 0 saturated carbocycles. The van der Waals surface area contributed by atoms with E-state index in [4.69, 9.17) is 0 Å². The molecule has 0 spiro atoms. The fourth-order valence-electron chi connectivity index (χ4n) is 4.85. The van der Waals surface area contributed by atoms with Gasteiger partial charge in [-0.3, -0.25) is 24.2 Å². The highest BCUT2D eigenvalue weighted by Crippen LogP contribution is 2.41. The summed E-state index contributed by atoms with van der Waals surface area (Å²) in [4.78, 5) is 66.1. The van der Waals surface area contributed by atoms with E-state index >= 15 is 0 Å². The van der Waals surface area contributed by atoms with E-state index in [1.807, 2.05) is 37.3 Å². The molecule has 5 amide bonds. The second kappa shape index (κ2) is 14.3. The quantitative estimate of drug-likeness (QED) is 0.204. The van der Waals surface area contributed by atoms with E-state index in [1.54, 1.807) is 24.3 Å². The van der Waals surface area contributed by atoms with Gasteiger partial charge in [0.05, 0.1) is 6.42 Å². The molecule has 1 fully saturated rings. The average Bonchev–Trinajstić information content (AvgIpc) is 3.46. The summed E-state index contributed by atoms with van der Waals surface area (Å²) in [6, 6.07) is 14.7. The minimum Gasteiger partial charge on any atom is -0.477 e. The van der Waals surface area contributed by atoms with E-state index in [0.29, 0.717) is 34.8 Å². The first-order valence-corrected chi connectivity index (χ1v) is 16.8. The summed E-state index contributed by atoms with van der Waals surface area (Å²) in [6.45, 7) is 1.84. The van der Waals surface area contributed by atoms with Gasteiger partial charge in [-0.15, -0.1) is 22.0 Å². The van der Waals surface area contributed by atoms with Crippen molar-refractivity contribution in [3.63, 3.8) is 0 Å². The van der Waals surface area contributed by atoms with E-state index < -0.39 is 35.2 Å². The van der Waals surface area contributed by atoms with Crippen LogP contribution >= 0.6 is 34.9 Å². The van der Waals surface area contributed by atoms with Crippen LogP contribution < -0.4 is 10.6 Å². The first-order chi connectivity index (χ1) is 21.6. The zero-order valence-electron chi connectivity index (χ0n) is 24.4. The highest BCUT2D eigenvalue weighted by atomic mass is 32.2. The van der Waals surface area contributed by atoms with Crippen LogP contribution in [0.2, 0.25) is 0 Å². The number of benzene rings is 2. The zero-order chi connectivity index (χ0) is 32.1. The van der Waals surface area contributed by atoms with Gasteiger partial charge in [0.15, 0.2) is 4.34 Å². The summed E-state index contributed by atoms with van der Waals surface area (Å²) in [7, 11) is 1.40. The second-order valence-electron chi connectivity index (χ2n) is 10.3. The van der Waals surface area contributed by atoms with Gasteiger partial charge in [0.25, 0.3) is 5.91 Å². The SMILES string of the molecule is Cc1nnc(SCC2=C(C(=O)O)N3C(=O)C(NC(=O)Cc4ccccc4NC(=O)N(C)C(=O)CCc4ccccc4)[C@H]3SC2)s1. The van der Waals surface area contributed by atoms with Gasteiger partial charge >= 0.3 is 12.0 Å². The largest absolute Gasteiger partial charge is 0.477 e. The molecule has 5 rings (SSSR count). The number of thioether (sulfide) groups is 2. The van der Waals surface area contributed by atoms with E-state index in [-0.39, 0.29) is 24.4 Å². The van der Waals surface area contributed by atoms with Crippen LogP contribution in [0.15, 0.2) is 70.2 Å². The number of amides is 5. The Morgan fingerprint density at radius 3 is 2.53 bits per heavy atom. The molecule has 3 heterocycles. The Balaban J connectivity index is 1.17. The molecular formula is C30H30N6O6S3. The van der Waals surface area contributed by atoms with E-state index in [9.17, 15) is 29.1 Å². The first-order valence-electron chi connectivity index (χ1n) is 13.9. The molecule has 1 saturated heterocycles. The van der Waals surface area contributed by atoms with Crippen LogP contribution in [0.25, 0.3) is 0 Å². The molecule has 45 heavy (non-hydrogen) atoms. The van der Waals surface area contributed by atoms with E-state index in [0.717, 1.165) is 19.8 Å². The number of aliphatic carboxylic acids is 1. The van der Waals surface area contributed by atoms with Crippen LogP contribution in [0.4, 0.5) is 10.5 Å². The number of nitrogens with zero attached hydrogens (tertiary/aromatic N) is 4. The predicted octanol–water partition coefficient (Wildman–Crippen LogP) is 3.54. The van der Waals surface area contributed by atoms with Gasteiger partial charge < -0.3 is 15.7 Å². The number of anilines is 1. The summed E-state index contributed by atoms with van der Waals surface area (Å²) in [5.41, 5.74) is 2.39. The number of carbonyl (C=O) groups excluding carboxylic acids is 4. The molecule has 0 radical (unpaired) electrons. The molecule has 2 aliphatic rings. The van der Waals surface area contributed by atoms with Gasteiger partial charge in [-0.25, -0.2) is 9.59 Å². The third-order valence-electron chi connectivity index (χ3n) is 7.20. The lowest BCUT2D eigenvalue weighted by Crippen LogP contribution is -2.70. The number of hydrogen-bond acceptors (Lipinski definition) is 10. The van der Waals surface area contributed by atoms with Crippen LogP contribution in [0, 0.1) is 6.92 Å². The van der Waals surface area contributed by atoms with Crippen molar-refractivity contribution in [2.24, 2.45) is 0 Å². The molecule has 1 unspecified atom stereocenters. The van der Waals surface area contributed by atoms with E-state index in [1.165, 1.54) is 46.8 Å². The van der Waals surface area contributed by atoms with Crippen LogP contribution in [-0.2, 0) is 32.0 Å². The highest BCUT2D eigenvalue weighted by Gasteiger charge is 2.54. The lowest BCUT2D eigenvalue weighted by molar-refractivity contribution is -0.150. The van der Waals surface area contributed by atoms with Crippen molar-refractivity contribution in [2.45, 2.75) is 41.9 Å². The van der Waals surface area contributed by atoms with Crippen molar-refractivity contribution in [3.05, 3.63) is 82.0 Å². The zero-order valence-corrected chi connectivity index (χ0v) is 26.8. The summed E-state index contributed by atoms with van der Waals surface area (Å²) >= 11 is 4.18. The molecular weight excluding hydrogens is 637 g/mol. The summed E-state index contributed by atoms with van der Waals surface area (Å²) < 4.78 is 0.717. The van der Waals surface area contributed by atoms with Gasteiger partial charge in [0, 0.05) is 30.7 Å². The number of aromatic nitrogens is 2. The standard InChI is InChI=1S/C30H30N6O6S3/c1-17-33-34-30(45-17)44-16-20-15-43-27-24(26(39)36(27)25(20)28(40)41)32-22(37)14-19-10-6-7-11-21(19)31-29(42)35(2)23(38)13-12-18-8-4-3-5-9-18/h3-11,24,27H,12-16H2,1-2H3,(H,31,42)(H,32,37)(H,40,41)/t24?,27-/m1/s1. The fraction of sp³-hybridized carbons (Fsp3) is 0.300.